The van der Waals surface area contributed by atoms with Gasteiger partial charge in [-0.15, -0.1) is 11.3 Å². The molecule has 1 aromatic carbocycles. The molecule has 1 aliphatic rings. The van der Waals surface area contributed by atoms with Gasteiger partial charge in [0.1, 0.15) is 5.01 Å². The van der Waals surface area contributed by atoms with E-state index in [0.717, 1.165) is 43.5 Å². The first-order valence-electron chi connectivity index (χ1n) is 8.86. The highest BCUT2D eigenvalue weighted by Crippen LogP contribution is 2.30. The SMILES string of the molecule is COc1ccc(S(=O)(=O)N(C)Cc2csc(CN3CCOCC3)n2)cc1OC. The molecule has 28 heavy (non-hydrogen) atoms. The van der Waals surface area contributed by atoms with Crippen LogP contribution in [0.1, 0.15) is 10.7 Å². The number of methoxy groups -OCH3 is 2. The number of aromatic nitrogens is 1. The fraction of sp³-hybridized carbons (Fsp3) is 0.500. The van der Waals surface area contributed by atoms with Gasteiger partial charge < -0.3 is 14.2 Å². The minimum atomic E-state index is -3.68. The van der Waals surface area contributed by atoms with E-state index in [-0.39, 0.29) is 11.4 Å². The molecule has 0 radical (unpaired) electrons. The number of thiazole rings is 1. The van der Waals surface area contributed by atoms with Gasteiger partial charge in [0.05, 0.1) is 51.1 Å². The molecule has 1 aromatic heterocycles. The molecule has 1 fully saturated rings. The van der Waals surface area contributed by atoms with Gasteiger partial charge in [0.25, 0.3) is 0 Å². The maximum absolute atomic E-state index is 12.9. The van der Waals surface area contributed by atoms with Crippen molar-refractivity contribution in [1.82, 2.24) is 14.2 Å². The van der Waals surface area contributed by atoms with Crippen LogP contribution in [0.15, 0.2) is 28.5 Å². The molecular weight excluding hydrogens is 402 g/mol. The number of hydrogen-bond acceptors (Lipinski definition) is 8. The topological polar surface area (TPSA) is 81.2 Å². The van der Waals surface area contributed by atoms with Crippen LogP contribution < -0.4 is 9.47 Å². The van der Waals surface area contributed by atoms with Crippen LogP contribution in [0.2, 0.25) is 0 Å². The predicted molar refractivity (Wildman–Crippen MR) is 106 cm³/mol. The van der Waals surface area contributed by atoms with Gasteiger partial charge in [0.15, 0.2) is 11.5 Å². The van der Waals surface area contributed by atoms with E-state index >= 15 is 0 Å². The van der Waals surface area contributed by atoms with Gasteiger partial charge in [-0.1, -0.05) is 0 Å². The fourth-order valence-electron chi connectivity index (χ4n) is 2.91. The van der Waals surface area contributed by atoms with E-state index in [4.69, 9.17) is 14.2 Å². The van der Waals surface area contributed by atoms with E-state index in [1.54, 1.807) is 24.5 Å². The third-order valence-electron chi connectivity index (χ3n) is 4.51. The molecule has 0 unspecified atom stereocenters. The molecule has 3 rings (SSSR count). The molecule has 0 atom stereocenters. The van der Waals surface area contributed by atoms with E-state index in [9.17, 15) is 8.42 Å². The van der Waals surface area contributed by atoms with Crippen LogP contribution in [0, 0.1) is 0 Å². The van der Waals surface area contributed by atoms with Gasteiger partial charge in [-0.25, -0.2) is 13.4 Å². The lowest BCUT2D eigenvalue weighted by molar-refractivity contribution is 0.0341. The van der Waals surface area contributed by atoms with E-state index in [1.165, 1.54) is 30.7 Å². The molecular formula is C18H25N3O5S2. The molecule has 10 heteroatoms. The van der Waals surface area contributed by atoms with Crippen molar-refractivity contribution in [1.29, 1.82) is 0 Å². The zero-order valence-corrected chi connectivity index (χ0v) is 17.9. The number of benzene rings is 1. The monoisotopic (exact) mass is 427 g/mol. The number of ether oxygens (including phenoxy) is 3. The fourth-order valence-corrected chi connectivity index (χ4v) is 4.90. The molecule has 8 nitrogen and oxygen atoms in total. The Hall–Kier alpha value is -1.72. The van der Waals surface area contributed by atoms with Crippen molar-refractivity contribution in [3.05, 3.63) is 34.3 Å². The molecule has 2 heterocycles. The molecule has 0 amide bonds. The summed E-state index contributed by atoms with van der Waals surface area (Å²) in [6, 6.07) is 4.57. The zero-order valence-electron chi connectivity index (χ0n) is 16.3. The molecule has 0 bridgehead atoms. The van der Waals surface area contributed by atoms with Crippen LogP contribution in [0.25, 0.3) is 0 Å². The summed E-state index contributed by atoms with van der Waals surface area (Å²) in [4.78, 5) is 7.04. The smallest absolute Gasteiger partial charge is 0.243 e. The standard InChI is InChI=1S/C18H25N3O5S2/c1-20(28(22,23)15-4-5-16(24-2)17(10-15)25-3)11-14-13-27-18(19-14)12-21-6-8-26-9-7-21/h4-5,10,13H,6-9,11-12H2,1-3H3. The minimum absolute atomic E-state index is 0.149. The largest absolute Gasteiger partial charge is 0.493 e. The predicted octanol–water partition coefficient (Wildman–Crippen LogP) is 1.81. The number of hydrogen-bond donors (Lipinski definition) is 0. The van der Waals surface area contributed by atoms with E-state index in [1.807, 2.05) is 5.38 Å². The first kappa shape index (κ1) is 21.0. The normalized spacial score (nSPS) is 15.7. The quantitative estimate of drug-likeness (QED) is 0.636. The van der Waals surface area contributed by atoms with Crippen LogP contribution in [0.4, 0.5) is 0 Å². The first-order chi connectivity index (χ1) is 13.4. The summed E-state index contributed by atoms with van der Waals surface area (Å²) >= 11 is 1.55. The van der Waals surface area contributed by atoms with Crippen LogP contribution in [-0.2, 0) is 27.8 Å². The van der Waals surface area contributed by atoms with Crippen LogP contribution in [-0.4, -0.2) is 70.2 Å². The Morgan fingerprint density at radius 2 is 1.93 bits per heavy atom. The Labute approximate surface area is 169 Å². The lowest BCUT2D eigenvalue weighted by Crippen LogP contribution is -2.35. The van der Waals surface area contributed by atoms with Crippen LogP contribution in [0.5, 0.6) is 11.5 Å². The first-order valence-corrected chi connectivity index (χ1v) is 11.2. The summed E-state index contributed by atoms with van der Waals surface area (Å²) in [5, 5.41) is 2.89. The summed E-state index contributed by atoms with van der Waals surface area (Å²) < 4.78 is 42.9. The van der Waals surface area contributed by atoms with Crippen molar-refractivity contribution in [3.63, 3.8) is 0 Å². The highest BCUT2D eigenvalue weighted by Gasteiger charge is 2.23. The number of morpholine rings is 1. The highest BCUT2D eigenvalue weighted by atomic mass is 32.2. The molecule has 0 aliphatic carbocycles. The van der Waals surface area contributed by atoms with Crippen LogP contribution >= 0.6 is 11.3 Å². The Kier molecular flexibility index (Phi) is 6.89. The van der Waals surface area contributed by atoms with Crippen molar-refractivity contribution < 1.29 is 22.6 Å². The molecule has 154 valence electrons. The average Bonchev–Trinajstić information content (AvgIpc) is 3.14. The Balaban J connectivity index is 1.69. The summed E-state index contributed by atoms with van der Waals surface area (Å²) in [6.45, 7) is 4.23. The van der Waals surface area contributed by atoms with Crippen LogP contribution in [0.3, 0.4) is 0 Å². The molecule has 1 aliphatic heterocycles. The van der Waals surface area contributed by atoms with Gasteiger partial charge in [-0.05, 0) is 12.1 Å². The second kappa shape index (κ2) is 9.19. The maximum Gasteiger partial charge on any atom is 0.243 e. The summed E-state index contributed by atoms with van der Waals surface area (Å²) in [7, 11) is 0.856. The Bertz CT molecular complexity index is 894. The minimum Gasteiger partial charge on any atom is -0.493 e. The molecule has 1 saturated heterocycles. The van der Waals surface area contributed by atoms with Crippen molar-refractivity contribution in [3.8, 4) is 11.5 Å². The van der Waals surface area contributed by atoms with Gasteiger partial charge in [-0.2, -0.15) is 4.31 Å². The third kappa shape index (κ3) is 4.81. The second-order valence-corrected chi connectivity index (χ2v) is 9.39. The lowest BCUT2D eigenvalue weighted by Gasteiger charge is -2.25. The zero-order chi connectivity index (χ0) is 20.1. The van der Waals surface area contributed by atoms with E-state index < -0.39 is 10.0 Å². The van der Waals surface area contributed by atoms with Crippen molar-refractivity contribution >= 4 is 21.4 Å². The van der Waals surface area contributed by atoms with E-state index in [0.29, 0.717) is 11.5 Å². The Morgan fingerprint density at radius 3 is 2.61 bits per heavy atom. The molecule has 0 saturated carbocycles. The van der Waals surface area contributed by atoms with Crippen molar-refractivity contribution in [2.75, 3.05) is 47.6 Å². The summed E-state index contributed by atoms with van der Waals surface area (Å²) in [6.07, 6.45) is 0. The van der Waals surface area contributed by atoms with E-state index in [2.05, 4.69) is 9.88 Å². The number of sulfonamides is 1. The number of rotatable bonds is 8. The number of nitrogens with zero attached hydrogens (tertiary/aromatic N) is 3. The molecule has 0 spiro atoms. The average molecular weight is 428 g/mol. The molecule has 0 N–H and O–H groups in total. The van der Waals surface area contributed by atoms with Crippen molar-refractivity contribution in [2.45, 2.75) is 18.0 Å². The third-order valence-corrected chi connectivity index (χ3v) is 7.19. The van der Waals surface area contributed by atoms with Gasteiger partial charge in [0.2, 0.25) is 10.0 Å². The lowest BCUT2D eigenvalue weighted by atomic mass is 10.3. The maximum atomic E-state index is 12.9. The van der Waals surface area contributed by atoms with Gasteiger partial charge in [-0.3, -0.25) is 4.90 Å². The van der Waals surface area contributed by atoms with Crippen molar-refractivity contribution in [2.24, 2.45) is 0 Å². The highest BCUT2D eigenvalue weighted by molar-refractivity contribution is 7.89. The second-order valence-electron chi connectivity index (χ2n) is 6.40. The molecule has 2 aromatic rings. The summed E-state index contributed by atoms with van der Waals surface area (Å²) in [5.41, 5.74) is 0.736. The Morgan fingerprint density at radius 1 is 1.21 bits per heavy atom. The van der Waals surface area contributed by atoms with Gasteiger partial charge >= 0.3 is 0 Å². The van der Waals surface area contributed by atoms with Gasteiger partial charge in [0, 0.05) is 31.6 Å². The summed E-state index contributed by atoms with van der Waals surface area (Å²) in [5.74, 6) is 0.856.